The Morgan fingerprint density at radius 1 is 1.38 bits per heavy atom. The van der Waals surface area contributed by atoms with Gasteiger partial charge in [0, 0.05) is 30.0 Å². The highest BCUT2D eigenvalue weighted by molar-refractivity contribution is 9.10. The van der Waals surface area contributed by atoms with Gasteiger partial charge in [0.15, 0.2) is 0 Å². The van der Waals surface area contributed by atoms with Crippen molar-refractivity contribution in [3.63, 3.8) is 0 Å². The van der Waals surface area contributed by atoms with E-state index in [4.69, 9.17) is 0 Å². The summed E-state index contributed by atoms with van der Waals surface area (Å²) in [5.41, 5.74) is 0.0774. The van der Waals surface area contributed by atoms with Crippen molar-refractivity contribution in [2.75, 3.05) is 13.1 Å². The minimum atomic E-state index is -0.518. The molecule has 0 spiro atoms. The molecule has 1 saturated heterocycles. The van der Waals surface area contributed by atoms with Crippen molar-refractivity contribution in [2.45, 2.75) is 32.2 Å². The van der Waals surface area contributed by atoms with Gasteiger partial charge < -0.3 is 10.2 Å². The molecule has 1 aliphatic rings. The molecular weight excluding hydrogens is 339 g/mol. The van der Waals surface area contributed by atoms with Crippen LogP contribution in [0, 0.1) is 5.82 Å². The van der Waals surface area contributed by atoms with Gasteiger partial charge in [0.2, 0.25) is 5.91 Å². The van der Waals surface area contributed by atoms with Crippen LogP contribution in [-0.4, -0.2) is 35.8 Å². The molecule has 1 N–H and O–H groups in total. The van der Waals surface area contributed by atoms with Crippen LogP contribution in [0.5, 0.6) is 0 Å². The van der Waals surface area contributed by atoms with E-state index < -0.39 is 5.82 Å². The fraction of sp³-hybridized carbons (Fsp3) is 0.467. The summed E-state index contributed by atoms with van der Waals surface area (Å²) in [4.78, 5) is 25.4. The van der Waals surface area contributed by atoms with Gasteiger partial charge in [0.25, 0.3) is 5.91 Å². The first-order chi connectivity index (χ1) is 10.0. The van der Waals surface area contributed by atoms with E-state index in [9.17, 15) is 14.0 Å². The molecule has 1 aliphatic heterocycles. The van der Waals surface area contributed by atoms with E-state index in [0.29, 0.717) is 36.8 Å². The number of benzene rings is 1. The predicted octanol–water partition coefficient (Wildman–Crippen LogP) is 2.72. The molecule has 0 aliphatic carbocycles. The second-order valence-corrected chi connectivity index (χ2v) is 5.94. The number of hydrogen-bond donors (Lipinski definition) is 1. The van der Waals surface area contributed by atoms with Gasteiger partial charge in [0.1, 0.15) is 5.82 Å². The third-order valence-electron chi connectivity index (χ3n) is 3.65. The van der Waals surface area contributed by atoms with E-state index in [1.54, 1.807) is 17.0 Å². The number of halogens is 2. The number of rotatable bonds is 3. The normalized spacial score (nSPS) is 15.9. The summed E-state index contributed by atoms with van der Waals surface area (Å²) < 4.78 is 14.3. The molecule has 1 aromatic rings. The number of carbonyl (C=O) groups excluding carboxylic acids is 2. The van der Waals surface area contributed by atoms with E-state index in [2.05, 4.69) is 21.2 Å². The Hall–Kier alpha value is -1.43. The van der Waals surface area contributed by atoms with Crippen molar-refractivity contribution < 1.29 is 14.0 Å². The molecule has 114 valence electrons. The quantitative estimate of drug-likeness (QED) is 0.904. The number of carbonyl (C=O) groups is 2. The van der Waals surface area contributed by atoms with Gasteiger partial charge in [-0.2, -0.15) is 0 Å². The third-order valence-corrected chi connectivity index (χ3v) is 4.31. The van der Waals surface area contributed by atoms with E-state index in [1.807, 2.05) is 6.92 Å². The van der Waals surface area contributed by atoms with E-state index >= 15 is 0 Å². The zero-order valence-corrected chi connectivity index (χ0v) is 13.5. The SMILES string of the molecule is CCC(=O)NC1CCN(C(=O)c2c(F)cccc2Br)CC1. The second-order valence-electron chi connectivity index (χ2n) is 5.08. The molecule has 1 heterocycles. The largest absolute Gasteiger partial charge is 0.353 e. The van der Waals surface area contributed by atoms with E-state index in [1.165, 1.54) is 6.07 Å². The first-order valence-electron chi connectivity index (χ1n) is 7.05. The number of nitrogens with one attached hydrogen (secondary N) is 1. The summed E-state index contributed by atoms with van der Waals surface area (Å²) in [5.74, 6) is -0.798. The smallest absolute Gasteiger partial charge is 0.257 e. The lowest BCUT2D eigenvalue weighted by molar-refractivity contribution is -0.121. The van der Waals surface area contributed by atoms with Gasteiger partial charge in [-0.25, -0.2) is 4.39 Å². The fourth-order valence-corrected chi connectivity index (χ4v) is 2.93. The number of nitrogens with zero attached hydrogens (tertiary/aromatic N) is 1. The Kier molecular flexibility index (Phi) is 5.33. The van der Waals surface area contributed by atoms with E-state index in [0.717, 1.165) is 0 Å². The topological polar surface area (TPSA) is 49.4 Å². The molecule has 6 heteroatoms. The molecule has 0 saturated carbocycles. The molecule has 1 aromatic carbocycles. The van der Waals surface area contributed by atoms with Crippen LogP contribution in [0.25, 0.3) is 0 Å². The second kappa shape index (κ2) is 7.02. The lowest BCUT2D eigenvalue weighted by Gasteiger charge is -2.32. The van der Waals surface area contributed by atoms with Crippen molar-refractivity contribution >= 4 is 27.7 Å². The molecule has 0 bridgehead atoms. The summed E-state index contributed by atoms with van der Waals surface area (Å²) >= 11 is 3.22. The molecule has 0 radical (unpaired) electrons. The highest BCUT2D eigenvalue weighted by Gasteiger charge is 2.27. The molecule has 21 heavy (non-hydrogen) atoms. The average Bonchev–Trinajstić information content (AvgIpc) is 2.47. The molecule has 1 fully saturated rings. The van der Waals surface area contributed by atoms with Crippen LogP contribution in [0.2, 0.25) is 0 Å². The van der Waals surface area contributed by atoms with Crippen LogP contribution < -0.4 is 5.32 Å². The van der Waals surface area contributed by atoms with E-state index in [-0.39, 0.29) is 23.4 Å². The number of amides is 2. The van der Waals surface area contributed by atoms with Gasteiger partial charge in [0.05, 0.1) is 5.56 Å². The van der Waals surface area contributed by atoms with Crippen LogP contribution in [-0.2, 0) is 4.79 Å². The third kappa shape index (κ3) is 3.81. The van der Waals surface area contributed by atoms with Crippen molar-refractivity contribution in [3.05, 3.63) is 34.1 Å². The minimum absolute atomic E-state index is 0.0247. The molecule has 0 unspecified atom stereocenters. The van der Waals surface area contributed by atoms with Gasteiger partial charge in [-0.15, -0.1) is 0 Å². The van der Waals surface area contributed by atoms with Crippen LogP contribution in [0.15, 0.2) is 22.7 Å². The molecule has 2 rings (SSSR count). The maximum atomic E-state index is 13.8. The van der Waals surface area contributed by atoms with Gasteiger partial charge in [-0.05, 0) is 40.9 Å². The van der Waals surface area contributed by atoms with Crippen molar-refractivity contribution in [1.29, 1.82) is 0 Å². The summed E-state index contributed by atoms with van der Waals surface area (Å²) in [6.45, 7) is 2.85. The summed E-state index contributed by atoms with van der Waals surface area (Å²) in [6, 6.07) is 4.60. The van der Waals surface area contributed by atoms with Crippen molar-refractivity contribution in [3.8, 4) is 0 Å². The zero-order valence-electron chi connectivity index (χ0n) is 11.9. The number of likely N-dealkylation sites (tertiary alicyclic amines) is 1. The van der Waals surface area contributed by atoms with Crippen LogP contribution in [0.3, 0.4) is 0 Å². The Labute approximate surface area is 131 Å². The fourth-order valence-electron chi connectivity index (χ4n) is 2.42. The van der Waals surface area contributed by atoms with Crippen molar-refractivity contribution in [2.24, 2.45) is 0 Å². The minimum Gasteiger partial charge on any atom is -0.353 e. The van der Waals surface area contributed by atoms with Crippen LogP contribution in [0.4, 0.5) is 4.39 Å². The molecule has 0 aromatic heterocycles. The predicted molar refractivity (Wildman–Crippen MR) is 81.5 cm³/mol. The Morgan fingerprint density at radius 2 is 2.05 bits per heavy atom. The van der Waals surface area contributed by atoms with Crippen LogP contribution >= 0.6 is 15.9 Å². The Balaban J connectivity index is 1.99. The van der Waals surface area contributed by atoms with Gasteiger partial charge in [-0.3, -0.25) is 9.59 Å². The Bertz CT molecular complexity index is 522. The van der Waals surface area contributed by atoms with Crippen molar-refractivity contribution in [1.82, 2.24) is 10.2 Å². The maximum absolute atomic E-state index is 13.8. The summed E-state index contributed by atoms with van der Waals surface area (Å²) in [6.07, 6.45) is 1.86. The average molecular weight is 357 g/mol. The lowest BCUT2D eigenvalue weighted by atomic mass is 10.0. The molecular formula is C15H18BrFN2O2. The summed E-state index contributed by atoms with van der Waals surface area (Å²) in [5, 5.41) is 2.93. The summed E-state index contributed by atoms with van der Waals surface area (Å²) in [7, 11) is 0. The standard InChI is InChI=1S/C15H18BrFN2O2/c1-2-13(20)18-10-6-8-19(9-7-10)15(21)14-11(16)4-3-5-12(14)17/h3-5,10H,2,6-9H2,1H3,(H,18,20). The number of hydrogen-bond acceptors (Lipinski definition) is 2. The molecule has 4 nitrogen and oxygen atoms in total. The maximum Gasteiger partial charge on any atom is 0.257 e. The van der Waals surface area contributed by atoms with Gasteiger partial charge in [-0.1, -0.05) is 13.0 Å². The molecule has 2 amide bonds. The number of piperidine rings is 1. The lowest BCUT2D eigenvalue weighted by Crippen LogP contribution is -2.46. The molecule has 0 atom stereocenters. The monoisotopic (exact) mass is 356 g/mol. The first-order valence-corrected chi connectivity index (χ1v) is 7.85. The highest BCUT2D eigenvalue weighted by atomic mass is 79.9. The zero-order chi connectivity index (χ0) is 15.4. The van der Waals surface area contributed by atoms with Gasteiger partial charge >= 0.3 is 0 Å². The highest BCUT2D eigenvalue weighted by Crippen LogP contribution is 2.23. The van der Waals surface area contributed by atoms with Crippen LogP contribution in [0.1, 0.15) is 36.5 Å². The Morgan fingerprint density at radius 3 is 2.62 bits per heavy atom. The first kappa shape index (κ1) is 15.9.